The van der Waals surface area contributed by atoms with Crippen LogP contribution >= 0.6 is 23.2 Å². The fourth-order valence-corrected chi connectivity index (χ4v) is 2.07. The van der Waals surface area contributed by atoms with Crippen LogP contribution in [0.3, 0.4) is 0 Å². The minimum atomic E-state index is 0.323. The van der Waals surface area contributed by atoms with Gasteiger partial charge in [-0.25, -0.2) is 0 Å². The van der Waals surface area contributed by atoms with E-state index >= 15 is 0 Å². The Balaban J connectivity index is 2.89. The summed E-state index contributed by atoms with van der Waals surface area (Å²) < 4.78 is 0. The van der Waals surface area contributed by atoms with Crippen molar-refractivity contribution in [3.63, 3.8) is 0 Å². The number of nitrogens with two attached hydrogens (primary N) is 1. The SMILES string of the molecule is CCC(C)C(C)Nc1c(Cl)cc(N)cc1Cl. The van der Waals surface area contributed by atoms with Crippen molar-refractivity contribution in [1.29, 1.82) is 0 Å². The number of benzene rings is 1. The van der Waals surface area contributed by atoms with E-state index in [1.54, 1.807) is 12.1 Å². The van der Waals surface area contributed by atoms with Crippen LogP contribution in [0.5, 0.6) is 0 Å². The monoisotopic (exact) mass is 260 g/mol. The van der Waals surface area contributed by atoms with Gasteiger partial charge < -0.3 is 11.1 Å². The second kappa shape index (κ2) is 5.65. The molecule has 0 heterocycles. The molecule has 1 rings (SSSR count). The van der Waals surface area contributed by atoms with Gasteiger partial charge >= 0.3 is 0 Å². The van der Waals surface area contributed by atoms with E-state index in [0.717, 1.165) is 12.1 Å². The van der Waals surface area contributed by atoms with Gasteiger partial charge in [-0.15, -0.1) is 0 Å². The Morgan fingerprint density at radius 3 is 2.19 bits per heavy atom. The van der Waals surface area contributed by atoms with Crippen LogP contribution in [-0.2, 0) is 0 Å². The van der Waals surface area contributed by atoms with Crippen molar-refractivity contribution in [2.75, 3.05) is 11.1 Å². The highest BCUT2D eigenvalue weighted by Crippen LogP contribution is 2.34. The molecule has 2 atom stereocenters. The molecule has 0 amide bonds. The Kier molecular flexibility index (Phi) is 4.75. The van der Waals surface area contributed by atoms with Crippen molar-refractivity contribution in [2.24, 2.45) is 5.92 Å². The Morgan fingerprint density at radius 2 is 1.75 bits per heavy atom. The first-order valence-corrected chi connectivity index (χ1v) is 6.22. The van der Waals surface area contributed by atoms with E-state index in [9.17, 15) is 0 Å². The van der Waals surface area contributed by atoms with Gasteiger partial charge in [-0.3, -0.25) is 0 Å². The molecule has 3 N–H and O–H groups in total. The van der Waals surface area contributed by atoms with E-state index in [0.29, 0.717) is 27.7 Å². The fourth-order valence-electron chi connectivity index (χ4n) is 1.45. The van der Waals surface area contributed by atoms with Gasteiger partial charge in [-0.2, -0.15) is 0 Å². The highest BCUT2D eigenvalue weighted by atomic mass is 35.5. The van der Waals surface area contributed by atoms with Crippen molar-refractivity contribution >= 4 is 34.6 Å². The summed E-state index contributed by atoms with van der Waals surface area (Å²) in [6.45, 7) is 6.48. The van der Waals surface area contributed by atoms with E-state index < -0.39 is 0 Å². The lowest BCUT2D eigenvalue weighted by molar-refractivity contribution is 0.495. The van der Waals surface area contributed by atoms with Gasteiger partial charge in [-0.1, -0.05) is 43.5 Å². The number of hydrogen-bond acceptors (Lipinski definition) is 2. The molecule has 0 aliphatic heterocycles. The van der Waals surface area contributed by atoms with Gasteiger partial charge in [0.05, 0.1) is 15.7 Å². The van der Waals surface area contributed by atoms with Crippen molar-refractivity contribution in [1.82, 2.24) is 0 Å². The van der Waals surface area contributed by atoms with Gasteiger partial charge in [0.2, 0.25) is 0 Å². The number of rotatable bonds is 4. The molecule has 16 heavy (non-hydrogen) atoms. The normalized spacial score (nSPS) is 14.6. The summed E-state index contributed by atoms with van der Waals surface area (Å²) in [6.07, 6.45) is 1.11. The number of nitrogen functional groups attached to an aromatic ring is 1. The van der Waals surface area contributed by atoms with Crippen molar-refractivity contribution in [2.45, 2.75) is 33.2 Å². The second-order valence-corrected chi connectivity index (χ2v) is 4.99. The Morgan fingerprint density at radius 1 is 1.25 bits per heavy atom. The van der Waals surface area contributed by atoms with Crippen molar-refractivity contribution in [3.8, 4) is 0 Å². The van der Waals surface area contributed by atoms with Crippen LogP contribution < -0.4 is 11.1 Å². The molecule has 0 spiro atoms. The highest BCUT2D eigenvalue weighted by Gasteiger charge is 2.14. The smallest absolute Gasteiger partial charge is 0.0722 e. The summed E-state index contributed by atoms with van der Waals surface area (Å²) in [6, 6.07) is 3.74. The van der Waals surface area contributed by atoms with E-state index in [2.05, 4.69) is 26.1 Å². The zero-order valence-electron chi connectivity index (χ0n) is 9.85. The van der Waals surface area contributed by atoms with Crippen LogP contribution in [-0.4, -0.2) is 6.04 Å². The first kappa shape index (κ1) is 13.5. The predicted octanol–water partition coefficient (Wildman–Crippen LogP) is 4.42. The molecule has 0 radical (unpaired) electrons. The largest absolute Gasteiger partial charge is 0.399 e. The van der Waals surface area contributed by atoms with Gasteiger partial charge in [0.25, 0.3) is 0 Å². The molecule has 1 aromatic rings. The molecule has 1 aromatic carbocycles. The number of anilines is 2. The lowest BCUT2D eigenvalue weighted by Crippen LogP contribution is -2.23. The van der Waals surface area contributed by atoms with Crippen LogP contribution in [0.1, 0.15) is 27.2 Å². The molecular formula is C12H18Cl2N2. The number of hydrogen-bond donors (Lipinski definition) is 2. The Labute approximate surface area is 107 Å². The van der Waals surface area contributed by atoms with Crippen molar-refractivity contribution in [3.05, 3.63) is 22.2 Å². The van der Waals surface area contributed by atoms with E-state index in [1.807, 2.05) is 0 Å². The maximum absolute atomic E-state index is 6.10. The average Bonchev–Trinajstić information content (AvgIpc) is 2.21. The maximum atomic E-state index is 6.10. The van der Waals surface area contributed by atoms with Crippen LogP contribution in [0.2, 0.25) is 10.0 Å². The van der Waals surface area contributed by atoms with Crippen LogP contribution in [0.25, 0.3) is 0 Å². The van der Waals surface area contributed by atoms with Gasteiger partial charge in [0.1, 0.15) is 0 Å². The lowest BCUT2D eigenvalue weighted by Gasteiger charge is -2.22. The molecule has 0 aliphatic rings. The summed E-state index contributed by atoms with van der Waals surface area (Å²) >= 11 is 12.2. The molecule has 4 heteroatoms. The molecule has 0 bridgehead atoms. The first-order chi connectivity index (χ1) is 7.45. The molecule has 90 valence electrons. The third-order valence-electron chi connectivity index (χ3n) is 2.93. The third-order valence-corrected chi connectivity index (χ3v) is 3.53. The van der Waals surface area contributed by atoms with Crippen molar-refractivity contribution < 1.29 is 0 Å². The zero-order chi connectivity index (χ0) is 12.3. The van der Waals surface area contributed by atoms with Crippen LogP contribution in [0.4, 0.5) is 11.4 Å². The topological polar surface area (TPSA) is 38.0 Å². The Bertz CT molecular complexity index is 343. The molecular weight excluding hydrogens is 243 g/mol. The minimum absolute atomic E-state index is 0.323. The molecule has 0 fully saturated rings. The molecule has 2 nitrogen and oxygen atoms in total. The Hall–Kier alpha value is -0.600. The van der Waals surface area contributed by atoms with E-state index in [1.165, 1.54) is 0 Å². The molecule has 0 saturated carbocycles. The summed E-state index contributed by atoms with van der Waals surface area (Å²) in [5, 5.41) is 4.48. The molecule has 2 unspecified atom stereocenters. The average molecular weight is 261 g/mol. The maximum Gasteiger partial charge on any atom is 0.0722 e. The second-order valence-electron chi connectivity index (χ2n) is 4.18. The molecule has 0 saturated heterocycles. The number of halogens is 2. The van der Waals surface area contributed by atoms with Crippen LogP contribution in [0.15, 0.2) is 12.1 Å². The molecule has 0 aliphatic carbocycles. The van der Waals surface area contributed by atoms with Gasteiger partial charge in [0.15, 0.2) is 0 Å². The highest BCUT2D eigenvalue weighted by molar-refractivity contribution is 6.39. The van der Waals surface area contributed by atoms with E-state index in [-0.39, 0.29) is 0 Å². The third kappa shape index (κ3) is 3.19. The van der Waals surface area contributed by atoms with E-state index in [4.69, 9.17) is 28.9 Å². The number of nitrogens with one attached hydrogen (secondary N) is 1. The first-order valence-electron chi connectivity index (χ1n) is 5.46. The zero-order valence-corrected chi connectivity index (χ0v) is 11.4. The standard InChI is InChI=1S/C12H18Cl2N2/c1-4-7(2)8(3)16-12-10(13)5-9(15)6-11(12)14/h5-8,16H,4,15H2,1-3H3. The summed E-state index contributed by atoms with van der Waals surface area (Å²) in [5.41, 5.74) is 7.00. The van der Waals surface area contributed by atoms with Crippen LogP contribution in [0, 0.1) is 5.92 Å². The van der Waals surface area contributed by atoms with Gasteiger partial charge in [0, 0.05) is 11.7 Å². The summed E-state index contributed by atoms with van der Waals surface area (Å²) in [4.78, 5) is 0. The fraction of sp³-hybridized carbons (Fsp3) is 0.500. The quantitative estimate of drug-likeness (QED) is 0.787. The molecule has 0 aromatic heterocycles. The predicted molar refractivity (Wildman–Crippen MR) is 73.4 cm³/mol. The van der Waals surface area contributed by atoms with Gasteiger partial charge in [-0.05, 0) is 25.0 Å². The minimum Gasteiger partial charge on any atom is -0.399 e. The lowest BCUT2D eigenvalue weighted by atomic mass is 10.0. The summed E-state index contributed by atoms with van der Waals surface area (Å²) in [5.74, 6) is 0.560. The summed E-state index contributed by atoms with van der Waals surface area (Å²) in [7, 11) is 0.